The average Bonchev–Trinajstić information content (AvgIpc) is 2.65. The fourth-order valence-corrected chi connectivity index (χ4v) is 2.44. The minimum atomic E-state index is -0.675. The highest BCUT2D eigenvalue weighted by atomic mass is 16.6. The molecule has 0 bridgehead atoms. The number of Topliss-reactive ketones (excluding diaryl/α,β-unsaturated/α-hetero) is 2. The summed E-state index contributed by atoms with van der Waals surface area (Å²) in [6, 6.07) is 10.2. The van der Waals surface area contributed by atoms with Crippen molar-refractivity contribution in [3.05, 3.63) is 58.7 Å². The third-order valence-electron chi connectivity index (χ3n) is 3.97. The first-order valence-electron chi connectivity index (χ1n) is 8.39. The van der Waals surface area contributed by atoms with Crippen LogP contribution in [0.3, 0.4) is 0 Å². The van der Waals surface area contributed by atoms with Gasteiger partial charge in [-0.2, -0.15) is 0 Å². The molecule has 0 aromatic heterocycles. The molecule has 0 amide bonds. The molecule has 0 radical (unpaired) electrons. The van der Waals surface area contributed by atoms with Crippen molar-refractivity contribution < 1.29 is 28.6 Å². The second-order valence-corrected chi connectivity index (χ2v) is 6.11. The number of esters is 1. The monoisotopic (exact) mass is 370 g/mol. The molecular weight excluding hydrogens is 348 g/mol. The Kier molecular flexibility index (Phi) is 6.71. The van der Waals surface area contributed by atoms with Crippen molar-refractivity contribution in [1.29, 1.82) is 0 Å². The van der Waals surface area contributed by atoms with Gasteiger partial charge in [0.2, 0.25) is 5.78 Å². The minimum Gasteiger partial charge on any atom is -0.493 e. The van der Waals surface area contributed by atoms with E-state index in [1.54, 1.807) is 18.2 Å². The maximum atomic E-state index is 12.2. The number of benzene rings is 2. The molecule has 0 aliphatic carbocycles. The van der Waals surface area contributed by atoms with E-state index >= 15 is 0 Å². The lowest BCUT2D eigenvalue weighted by molar-refractivity contribution is -0.144. The van der Waals surface area contributed by atoms with Gasteiger partial charge in [0.1, 0.15) is 0 Å². The number of carbonyl (C=O) groups is 3. The zero-order chi connectivity index (χ0) is 20.0. The summed E-state index contributed by atoms with van der Waals surface area (Å²) in [6.07, 6.45) is 0. The van der Waals surface area contributed by atoms with Crippen LogP contribution in [0.5, 0.6) is 11.5 Å². The maximum absolute atomic E-state index is 12.2. The van der Waals surface area contributed by atoms with Gasteiger partial charge >= 0.3 is 5.97 Å². The molecule has 2 aromatic carbocycles. The molecule has 0 N–H and O–H groups in total. The molecule has 6 heteroatoms. The van der Waals surface area contributed by atoms with Gasteiger partial charge in [-0.25, -0.2) is 4.79 Å². The third kappa shape index (κ3) is 5.41. The number of ketones is 2. The number of aryl methyl sites for hydroxylation is 2. The van der Waals surface area contributed by atoms with Crippen molar-refractivity contribution in [3.63, 3.8) is 0 Å². The standard InChI is InChI=1S/C21H22O6/c1-13-5-6-14(2)17(9-13)18(23)11-27-21(24)12-26-19-8-7-16(15(3)22)10-20(19)25-4/h5-10H,11-12H2,1-4H3. The number of rotatable bonds is 8. The predicted octanol–water partition coefficient (Wildman–Crippen LogP) is 3.32. The zero-order valence-corrected chi connectivity index (χ0v) is 15.8. The average molecular weight is 370 g/mol. The van der Waals surface area contributed by atoms with Crippen LogP contribution >= 0.6 is 0 Å². The lowest BCUT2D eigenvalue weighted by Crippen LogP contribution is -2.20. The second kappa shape index (κ2) is 8.98. The maximum Gasteiger partial charge on any atom is 0.344 e. The summed E-state index contributed by atoms with van der Waals surface area (Å²) in [6.45, 7) is 4.43. The van der Waals surface area contributed by atoms with E-state index in [1.165, 1.54) is 20.1 Å². The molecule has 0 atom stereocenters. The molecule has 0 unspecified atom stereocenters. The van der Waals surface area contributed by atoms with E-state index in [0.29, 0.717) is 22.6 Å². The van der Waals surface area contributed by atoms with Crippen LogP contribution in [-0.2, 0) is 9.53 Å². The van der Waals surface area contributed by atoms with E-state index < -0.39 is 5.97 Å². The van der Waals surface area contributed by atoms with Crippen LogP contribution in [0.4, 0.5) is 0 Å². The van der Waals surface area contributed by atoms with Gasteiger partial charge in [0, 0.05) is 11.1 Å². The molecule has 27 heavy (non-hydrogen) atoms. The first kappa shape index (κ1) is 20.2. The summed E-state index contributed by atoms with van der Waals surface area (Å²) in [4.78, 5) is 35.5. The lowest BCUT2D eigenvalue weighted by Gasteiger charge is -2.11. The van der Waals surface area contributed by atoms with Crippen molar-refractivity contribution in [2.45, 2.75) is 20.8 Å². The summed E-state index contributed by atoms with van der Waals surface area (Å²) < 4.78 is 15.6. The van der Waals surface area contributed by atoms with E-state index in [4.69, 9.17) is 14.2 Å². The Hall–Kier alpha value is -3.15. The Balaban J connectivity index is 1.92. The van der Waals surface area contributed by atoms with Crippen molar-refractivity contribution in [2.24, 2.45) is 0 Å². The van der Waals surface area contributed by atoms with E-state index in [9.17, 15) is 14.4 Å². The van der Waals surface area contributed by atoms with E-state index in [-0.39, 0.29) is 24.8 Å². The van der Waals surface area contributed by atoms with Gasteiger partial charge in [-0.15, -0.1) is 0 Å². The molecule has 6 nitrogen and oxygen atoms in total. The van der Waals surface area contributed by atoms with Gasteiger partial charge in [0.25, 0.3) is 0 Å². The molecule has 0 saturated carbocycles. The largest absolute Gasteiger partial charge is 0.493 e. The quantitative estimate of drug-likeness (QED) is 0.524. The van der Waals surface area contributed by atoms with Gasteiger partial charge in [-0.3, -0.25) is 9.59 Å². The summed E-state index contributed by atoms with van der Waals surface area (Å²) in [5.41, 5.74) is 2.79. The fourth-order valence-electron chi connectivity index (χ4n) is 2.44. The molecule has 2 aromatic rings. The topological polar surface area (TPSA) is 78.9 Å². The van der Waals surface area contributed by atoms with E-state index in [1.807, 2.05) is 26.0 Å². The summed E-state index contributed by atoms with van der Waals surface area (Å²) in [7, 11) is 1.44. The van der Waals surface area contributed by atoms with Crippen LogP contribution in [0.15, 0.2) is 36.4 Å². The van der Waals surface area contributed by atoms with E-state index in [2.05, 4.69) is 0 Å². The van der Waals surface area contributed by atoms with E-state index in [0.717, 1.165) is 11.1 Å². The van der Waals surface area contributed by atoms with Crippen LogP contribution in [-0.4, -0.2) is 37.9 Å². The highest BCUT2D eigenvalue weighted by Gasteiger charge is 2.14. The number of carbonyl (C=O) groups excluding carboxylic acids is 3. The first-order valence-corrected chi connectivity index (χ1v) is 8.39. The Labute approximate surface area is 158 Å². The number of ether oxygens (including phenoxy) is 3. The molecule has 0 heterocycles. The van der Waals surface area contributed by atoms with Crippen molar-refractivity contribution in [3.8, 4) is 11.5 Å². The Morgan fingerprint density at radius 3 is 2.33 bits per heavy atom. The van der Waals surface area contributed by atoms with Crippen LogP contribution < -0.4 is 9.47 Å². The normalized spacial score (nSPS) is 10.2. The van der Waals surface area contributed by atoms with Gasteiger partial charge in [0.15, 0.2) is 30.5 Å². The Morgan fingerprint density at radius 1 is 0.926 bits per heavy atom. The summed E-state index contributed by atoms with van der Waals surface area (Å²) >= 11 is 0. The zero-order valence-electron chi connectivity index (χ0n) is 15.8. The van der Waals surface area contributed by atoms with Gasteiger partial charge in [-0.05, 0) is 50.6 Å². The van der Waals surface area contributed by atoms with Crippen LogP contribution in [0.25, 0.3) is 0 Å². The number of hydrogen-bond donors (Lipinski definition) is 0. The Bertz CT molecular complexity index is 869. The highest BCUT2D eigenvalue weighted by Crippen LogP contribution is 2.28. The molecule has 0 aliphatic rings. The Morgan fingerprint density at radius 2 is 1.67 bits per heavy atom. The smallest absolute Gasteiger partial charge is 0.344 e. The minimum absolute atomic E-state index is 0.107. The fraction of sp³-hybridized carbons (Fsp3) is 0.286. The molecule has 2 rings (SSSR count). The number of hydrogen-bond acceptors (Lipinski definition) is 6. The third-order valence-corrected chi connectivity index (χ3v) is 3.97. The van der Waals surface area contributed by atoms with Gasteiger partial charge in [-0.1, -0.05) is 17.7 Å². The molecule has 0 saturated heterocycles. The van der Waals surface area contributed by atoms with Crippen LogP contribution in [0.2, 0.25) is 0 Å². The molecule has 0 fully saturated rings. The van der Waals surface area contributed by atoms with Crippen molar-refractivity contribution in [2.75, 3.05) is 20.3 Å². The highest BCUT2D eigenvalue weighted by molar-refractivity contribution is 5.99. The van der Waals surface area contributed by atoms with Crippen LogP contribution in [0.1, 0.15) is 38.8 Å². The summed E-state index contributed by atoms with van der Waals surface area (Å²) in [5.74, 6) is -0.411. The van der Waals surface area contributed by atoms with Crippen molar-refractivity contribution in [1.82, 2.24) is 0 Å². The lowest BCUT2D eigenvalue weighted by atomic mass is 10.0. The van der Waals surface area contributed by atoms with Crippen molar-refractivity contribution >= 4 is 17.5 Å². The van der Waals surface area contributed by atoms with Gasteiger partial charge < -0.3 is 14.2 Å². The molecule has 142 valence electrons. The molecule has 0 aliphatic heterocycles. The molecule has 0 spiro atoms. The summed E-state index contributed by atoms with van der Waals surface area (Å²) in [5, 5.41) is 0. The SMILES string of the molecule is COc1cc(C(C)=O)ccc1OCC(=O)OCC(=O)c1cc(C)ccc1C. The second-order valence-electron chi connectivity index (χ2n) is 6.11. The first-order chi connectivity index (χ1) is 12.8. The van der Waals surface area contributed by atoms with Crippen LogP contribution in [0, 0.1) is 13.8 Å². The predicted molar refractivity (Wildman–Crippen MR) is 99.7 cm³/mol. The molecular formula is C21H22O6. The van der Waals surface area contributed by atoms with Gasteiger partial charge in [0.05, 0.1) is 7.11 Å². The number of methoxy groups -OCH3 is 1.